The highest BCUT2D eigenvalue weighted by Gasteiger charge is 2.14. The highest BCUT2D eigenvalue weighted by Crippen LogP contribution is 2.17. The molecule has 0 saturated carbocycles. The highest BCUT2D eigenvalue weighted by atomic mass is 16.2. The Morgan fingerprint density at radius 3 is 2.37 bits per heavy atom. The third kappa shape index (κ3) is 2.70. The number of anilines is 1. The van der Waals surface area contributed by atoms with Crippen molar-refractivity contribution < 1.29 is 4.79 Å². The van der Waals surface area contributed by atoms with E-state index in [0.29, 0.717) is 6.42 Å². The molecular formula is C16H20N2O. The number of amides is 1. The average Bonchev–Trinajstić information content (AvgIpc) is 2.66. The summed E-state index contributed by atoms with van der Waals surface area (Å²) in [5.74, 6) is 0.111. The average molecular weight is 256 g/mol. The van der Waals surface area contributed by atoms with E-state index < -0.39 is 0 Å². The van der Waals surface area contributed by atoms with E-state index in [1.807, 2.05) is 44.4 Å². The van der Waals surface area contributed by atoms with Crippen LogP contribution < -0.4 is 4.90 Å². The van der Waals surface area contributed by atoms with Crippen molar-refractivity contribution in [2.75, 3.05) is 11.9 Å². The lowest BCUT2D eigenvalue weighted by atomic mass is 10.1. The molecule has 0 fully saturated rings. The molecule has 0 aliphatic rings. The number of nitrogens with zero attached hydrogens (tertiary/aromatic N) is 2. The van der Waals surface area contributed by atoms with E-state index in [9.17, 15) is 4.79 Å². The van der Waals surface area contributed by atoms with Crippen molar-refractivity contribution in [2.24, 2.45) is 7.05 Å². The summed E-state index contributed by atoms with van der Waals surface area (Å²) >= 11 is 0. The van der Waals surface area contributed by atoms with Gasteiger partial charge < -0.3 is 9.47 Å². The Kier molecular flexibility index (Phi) is 3.74. The van der Waals surface area contributed by atoms with Crippen LogP contribution in [0.25, 0.3) is 0 Å². The molecule has 0 aliphatic carbocycles. The van der Waals surface area contributed by atoms with Gasteiger partial charge in [-0.05, 0) is 37.6 Å². The maximum atomic E-state index is 12.3. The molecule has 3 heteroatoms. The highest BCUT2D eigenvalue weighted by molar-refractivity contribution is 5.94. The smallest absolute Gasteiger partial charge is 0.231 e. The van der Waals surface area contributed by atoms with Crippen LogP contribution >= 0.6 is 0 Å². The second-order valence-corrected chi connectivity index (χ2v) is 4.92. The van der Waals surface area contributed by atoms with E-state index in [0.717, 1.165) is 16.9 Å². The monoisotopic (exact) mass is 256 g/mol. The minimum Gasteiger partial charge on any atom is -0.352 e. The molecule has 1 aromatic carbocycles. The van der Waals surface area contributed by atoms with Crippen molar-refractivity contribution in [1.29, 1.82) is 0 Å². The van der Waals surface area contributed by atoms with E-state index in [4.69, 9.17) is 0 Å². The number of aromatic nitrogens is 1. The first-order valence-corrected chi connectivity index (χ1v) is 6.44. The first kappa shape index (κ1) is 13.4. The Bertz CT molecular complexity index is 584. The molecule has 1 aromatic heterocycles. The van der Waals surface area contributed by atoms with Crippen molar-refractivity contribution in [2.45, 2.75) is 20.3 Å². The van der Waals surface area contributed by atoms with Gasteiger partial charge in [0, 0.05) is 31.2 Å². The maximum Gasteiger partial charge on any atom is 0.231 e. The van der Waals surface area contributed by atoms with Gasteiger partial charge in [0.05, 0.1) is 6.42 Å². The van der Waals surface area contributed by atoms with Crippen molar-refractivity contribution >= 4 is 11.6 Å². The van der Waals surface area contributed by atoms with Gasteiger partial charge in [-0.3, -0.25) is 4.79 Å². The van der Waals surface area contributed by atoms with E-state index in [1.54, 1.807) is 4.90 Å². The lowest BCUT2D eigenvalue weighted by Gasteiger charge is -2.17. The van der Waals surface area contributed by atoms with Gasteiger partial charge in [0.15, 0.2) is 0 Å². The zero-order chi connectivity index (χ0) is 14.0. The number of likely N-dealkylation sites (N-methyl/N-ethyl adjacent to an activating group) is 1. The minimum absolute atomic E-state index is 0.111. The molecule has 0 N–H and O–H groups in total. The predicted molar refractivity (Wildman–Crippen MR) is 78.4 cm³/mol. The summed E-state index contributed by atoms with van der Waals surface area (Å²) in [5, 5.41) is 0. The number of benzene rings is 1. The molecule has 0 unspecified atom stereocenters. The number of aryl methyl sites for hydroxylation is 1. The number of rotatable bonds is 3. The first-order chi connectivity index (χ1) is 9.00. The fourth-order valence-corrected chi connectivity index (χ4v) is 2.19. The van der Waals surface area contributed by atoms with E-state index in [-0.39, 0.29) is 5.91 Å². The minimum atomic E-state index is 0.111. The Labute approximate surface area is 114 Å². The SMILES string of the molecule is Cc1cc(CC(=O)N(C)c2ccccc2)c(C)n1C. The van der Waals surface area contributed by atoms with Crippen LogP contribution in [-0.2, 0) is 18.3 Å². The third-order valence-corrected chi connectivity index (χ3v) is 3.74. The molecule has 3 nitrogen and oxygen atoms in total. The molecule has 2 aromatic rings. The topological polar surface area (TPSA) is 25.2 Å². The van der Waals surface area contributed by atoms with E-state index in [2.05, 4.69) is 24.5 Å². The molecule has 0 aliphatic heterocycles. The number of carbonyl (C=O) groups is 1. The van der Waals surface area contributed by atoms with Crippen LogP contribution in [0, 0.1) is 13.8 Å². The molecule has 0 spiro atoms. The summed E-state index contributed by atoms with van der Waals surface area (Å²) in [6, 6.07) is 11.8. The van der Waals surface area contributed by atoms with Gasteiger partial charge in [0.1, 0.15) is 0 Å². The number of hydrogen-bond acceptors (Lipinski definition) is 1. The molecule has 19 heavy (non-hydrogen) atoms. The van der Waals surface area contributed by atoms with Crippen molar-refractivity contribution in [3.63, 3.8) is 0 Å². The van der Waals surface area contributed by atoms with Gasteiger partial charge in [-0.1, -0.05) is 18.2 Å². The summed E-state index contributed by atoms with van der Waals surface area (Å²) in [5.41, 5.74) is 4.38. The molecule has 0 bridgehead atoms. The quantitative estimate of drug-likeness (QED) is 0.829. The van der Waals surface area contributed by atoms with Crippen molar-refractivity contribution in [1.82, 2.24) is 4.57 Å². The van der Waals surface area contributed by atoms with Crippen LogP contribution in [0.5, 0.6) is 0 Å². The van der Waals surface area contributed by atoms with Crippen LogP contribution in [-0.4, -0.2) is 17.5 Å². The fraction of sp³-hybridized carbons (Fsp3) is 0.312. The van der Waals surface area contributed by atoms with Gasteiger partial charge in [-0.25, -0.2) is 0 Å². The van der Waals surface area contributed by atoms with Gasteiger partial charge in [-0.2, -0.15) is 0 Å². The Morgan fingerprint density at radius 2 is 1.84 bits per heavy atom. The van der Waals surface area contributed by atoms with Gasteiger partial charge in [0.2, 0.25) is 5.91 Å². The van der Waals surface area contributed by atoms with Gasteiger partial charge in [-0.15, -0.1) is 0 Å². The Morgan fingerprint density at radius 1 is 1.21 bits per heavy atom. The molecule has 1 heterocycles. The molecule has 0 atom stereocenters. The number of para-hydroxylation sites is 1. The zero-order valence-electron chi connectivity index (χ0n) is 12.0. The van der Waals surface area contributed by atoms with E-state index in [1.165, 1.54) is 5.69 Å². The van der Waals surface area contributed by atoms with Crippen LogP contribution in [0.3, 0.4) is 0 Å². The van der Waals surface area contributed by atoms with Crippen molar-refractivity contribution in [3.8, 4) is 0 Å². The molecule has 1 amide bonds. The lowest BCUT2D eigenvalue weighted by Crippen LogP contribution is -2.27. The van der Waals surface area contributed by atoms with E-state index >= 15 is 0 Å². The summed E-state index contributed by atoms with van der Waals surface area (Å²) in [6.45, 7) is 4.11. The largest absolute Gasteiger partial charge is 0.352 e. The summed E-state index contributed by atoms with van der Waals surface area (Å²) < 4.78 is 2.12. The van der Waals surface area contributed by atoms with Crippen molar-refractivity contribution in [3.05, 3.63) is 53.3 Å². The van der Waals surface area contributed by atoms with Crippen LogP contribution in [0.4, 0.5) is 5.69 Å². The van der Waals surface area contributed by atoms with Gasteiger partial charge in [0.25, 0.3) is 0 Å². The summed E-state index contributed by atoms with van der Waals surface area (Å²) in [4.78, 5) is 14.0. The second-order valence-electron chi connectivity index (χ2n) is 4.92. The maximum absolute atomic E-state index is 12.3. The normalized spacial score (nSPS) is 10.5. The zero-order valence-corrected chi connectivity index (χ0v) is 12.0. The predicted octanol–water partition coefficient (Wildman–Crippen LogP) is 2.85. The third-order valence-electron chi connectivity index (χ3n) is 3.74. The second kappa shape index (κ2) is 5.31. The van der Waals surface area contributed by atoms with Crippen LogP contribution in [0.2, 0.25) is 0 Å². The molecular weight excluding hydrogens is 236 g/mol. The summed E-state index contributed by atoms with van der Waals surface area (Å²) in [7, 11) is 3.85. The van der Waals surface area contributed by atoms with Crippen LogP contribution in [0.1, 0.15) is 17.0 Å². The van der Waals surface area contributed by atoms with Crippen LogP contribution in [0.15, 0.2) is 36.4 Å². The first-order valence-electron chi connectivity index (χ1n) is 6.44. The number of hydrogen-bond donors (Lipinski definition) is 0. The molecule has 2 rings (SSSR count). The Balaban J connectivity index is 2.15. The molecule has 100 valence electrons. The Hall–Kier alpha value is -2.03. The van der Waals surface area contributed by atoms with Gasteiger partial charge >= 0.3 is 0 Å². The standard InChI is InChI=1S/C16H20N2O/c1-12-10-14(13(2)17(12)3)11-16(19)18(4)15-8-6-5-7-9-15/h5-10H,11H2,1-4H3. The molecule has 0 radical (unpaired) electrons. The summed E-state index contributed by atoms with van der Waals surface area (Å²) in [6.07, 6.45) is 0.443. The molecule has 0 saturated heterocycles. The lowest BCUT2D eigenvalue weighted by molar-refractivity contribution is -0.117. The fourth-order valence-electron chi connectivity index (χ4n) is 2.19. The number of carbonyl (C=O) groups excluding carboxylic acids is 1.